The molecule has 1 N–H and O–H groups in total. The average Bonchev–Trinajstić information content (AvgIpc) is 2.53. The van der Waals surface area contributed by atoms with Crippen molar-refractivity contribution in [1.82, 2.24) is 4.90 Å². The van der Waals surface area contributed by atoms with E-state index in [1.165, 1.54) is 12.1 Å². The van der Waals surface area contributed by atoms with Crippen LogP contribution in [0.15, 0.2) is 24.3 Å². The van der Waals surface area contributed by atoms with Crippen LogP contribution in [0.2, 0.25) is 0 Å². The molecule has 1 fully saturated rings. The van der Waals surface area contributed by atoms with Crippen molar-refractivity contribution in [3.63, 3.8) is 0 Å². The highest BCUT2D eigenvalue weighted by Gasteiger charge is 2.57. The van der Waals surface area contributed by atoms with Gasteiger partial charge in [-0.25, -0.2) is 4.39 Å². The van der Waals surface area contributed by atoms with Gasteiger partial charge in [-0.05, 0) is 44.0 Å². The maximum Gasteiger partial charge on any atom is 0.426 e. The van der Waals surface area contributed by atoms with Crippen LogP contribution in [-0.2, 0) is 4.79 Å². The van der Waals surface area contributed by atoms with E-state index in [-0.39, 0.29) is 31.7 Å². The molecular weight excluding hydrogens is 330 g/mol. The molecule has 1 amide bonds. The Balaban J connectivity index is 2.00. The first-order valence-corrected chi connectivity index (χ1v) is 7.42. The van der Waals surface area contributed by atoms with Gasteiger partial charge < -0.3 is 10.0 Å². The second-order valence-corrected chi connectivity index (χ2v) is 6.01. The van der Waals surface area contributed by atoms with Crippen LogP contribution in [0, 0.1) is 11.7 Å². The standard InChI is InChI=1S/C16H17F4NO3/c1-15(24,16(18,19)20)14(23)21-8-6-11(7-9-21)13(22)10-2-4-12(17)5-3-10/h2-5,11,24H,6-9H2,1H3. The Hall–Kier alpha value is -1.96. The SMILES string of the molecule is CC(O)(C(=O)N1CCC(C(=O)c2ccc(F)cc2)CC1)C(F)(F)F. The Kier molecular flexibility index (Phi) is 4.98. The highest BCUT2D eigenvalue weighted by Crippen LogP contribution is 2.33. The van der Waals surface area contributed by atoms with E-state index in [1.54, 1.807) is 0 Å². The van der Waals surface area contributed by atoms with E-state index in [9.17, 15) is 32.3 Å². The Morgan fingerprint density at radius 2 is 1.62 bits per heavy atom. The van der Waals surface area contributed by atoms with E-state index < -0.39 is 29.4 Å². The van der Waals surface area contributed by atoms with Crippen molar-refractivity contribution in [1.29, 1.82) is 0 Å². The number of piperidine rings is 1. The van der Waals surface area contributed by atoms with Gasteiger partial charge in [0.1, 0.15) is 5.82 Å². The van der Waals surface area contributed by atoms with E-state index in [2.05, 4.69) is 0 Å². The van der Waals surface area contributed by atoms with E-state index in [0.717, 1.165) is 17.0 Å². The van der Waals surface area contributed by atoms with Crippen LogP contribution in [0.4, 0.5) is 17.6 Å². The molecule has 0 spiro atoms. The number of ketones is 1. The smallest absolute Gasteiger partial charge is 0.373 e. The Labute approximate surface area is 136 Å². The van der Waals surface area contributed by atoms with E-state index >= 15 is 0 Å². The van der Waals surface area contributed by atoms with Crippen molar-refractivity contribution in [2.75, 3.05) is 13.1 Å². The first kappa shape index (κ1) is 18.4. The number of carbonyl (C=O) groups is 2. The van der Waals surface area contributed by atoms with Gasteiger partial charge in [0, 0.05) is 24.6 Å². The maximum atomic E-state index is 12.9. The number of carbonyl (C=O) groups excluding carboxylic acids is 2. The van der Waals surface area contributed by atoms with Gasteiger partial charge in [0.25, 0.3) is 5.91 Å². The summed E-state index contributed by atoms with van der Waals surface area (Å²) in [4.78, 5) is 25.1. The topological polar surface area (TPSA) is 57.6 Å². The minimum atomic E-state index is -5.06. The summed E-state index contributed by atoms with van der Waals surface area (Å²) in [6.45, 7) is 0.316. The molecule has 2 rings (SSSR count). The highest BCUT2D eigenvalue weighted by atomic mass is 19.4. The van der Waals surface area contributed by atoms with E-state index in [0.29, 0.717) is 12.5 Å². The van der Waals surface area contributed by atoms with Gasteiger partial charge in [0.2, 0.25) is 5.60 Å². The molecule has 4 nitrogen and oxygen atoms in total. The van der Waals surface area contributed by atoms with Crippen LogP contribution in [0.1, 0.15) is 30.1 Å². The van der Waals surface area contributed by atoms with Gasteiger partial charge in [0.05, 0.1) is 0 Å². The summed E-state index contributed by atoms with van der Waals surface area (Å²) in [6, 6.07) is 5.02. The molecule has 1 atom stereocenters. The number of amides is 1. The first-order valence-electron chi connectivity index (χ1n) is 7.42. The van der Waals surface area contributed by atoms with Gasteiger partial charge in [-0.2, -0.15) is 13.2 Å². The molecule has 1 aromatic carbocycles. The molecule has 1 aromatic rings. The zero-order valence-corrected chi connectivity index (χ0v) is 12.9. The third kappa shape index (κ3) is 3.58. The molecule has 1 aliphatic rings. The number of likely N-dealkylation sites (tertiary alicyclic amines) is 1. The summed E-state index contributed by atoms with van der Waals surface area (Å²) in [5.74, 6) is -2.57. The zero-order valence-electron chi connectivity index (χ0n) is 12.9. The predicted molar refractivity (Wildman–Crippen MR) is 76.7 cm³/mol. The highest BCUT2D eigenvalue weighted by molar-refractivity contribution is 5.98. The van der Waals surface area contributed by atoms with Crippen molar-refractivity contribution in [2.24, 2.45) is 5.92 Å². The molecule has 1 heterocycles. The number of halogens is 4. The third-order valence-electron chi connectivity index (χ3n) is 4.25. The number of benzene rings is 1. The summed E-state index contributed by atoms with van der Waals surface area (Å²) in [6.07, 6.45) is -4.68. The minimum absolute atomic E-state index is 0.0529. The van der Waals surface area contributed by atoms with Crippen LogP contribution in [-0.4, -0.2) is 46.6 Å². The van der Waals surface area contributed by atoms with Crippen molar-refractivity contribution in [2.45, 2.75) is 31.5 Å². The van der Waals surface area contributed by atoms with Gasteiger partial charge in [-0.3, -0.25) is 9.59 Å². The molecule has 8 heteroatoms. The Morgan fingerprint density at radius 1 is 1.12 bits per heavy atom. The third-order valence-corrected chi connectivity index (χ3v) is 4.25. The lowest BCUT2D eigenvalue weighted by molar-refractivity contribution is -0.250. The minimum Gasteiger partial charge on any atom is -0.373 e. The van der Waals surface area contributed by atoms with Crippen molar-refractivity contribution in [3.8, 4) is 0 Å². The van der Waals surface area contributed by atoms with Crippen molar-refractivity contribution < 1.29 is 32.3 Å². The molecule has 0 aliphatic carbocycles. The van der Waals surface area contributed by atoms with Crippen LogP contribution in [0.5, 0.6) is 0 Å². The van der Waals surface area contributed by atoms with Gasteiger partial charge in [-0.1, -0.05) is 0 Å². The van der Waals surface area contributed by atoms with Crippen molar-refractivity contribution >= 4 is 11.7 Å². The number of nitrogens with zero attached hydrogens (tertiary/aromatic N) is 1. The van der Waals surface area contributed by atoms with Crippen LogP contribution in [0.25, 0.3) is 0 Å². The quantitative estimate of drug-likeness (QED) is 0.675. The molecule has 1 saturated heterocycles. The number of hydrogen-bond donors (Lipinski definition) is 1. The lowest BCUT2D eigenvalue weighted by Crippen LogP contribution is -2.57. The molecule has 132 valence electrons. The van der Waals surface area contributed by atoms with Gasteiger partial charge in [0.15, 0.2) is 5.78 Å². The molecule has 0 saturated carbocycles. The van der Waals surface area contributed by atoms with Crippen LogP contribution in [0.3, 0.4) is 0 Å². The van der Waals surface area contributed by atoms with Gasteiger partial charge in [-0.15, -0.1) is 0 Å². The lowest BCUT2D eigenvalue weighted by Gasteiger charge is -2.36. The van der Waals surface area contributed by atoms with Crippen LogP contribution < -0.4 is 0 Å². The molecule has 0 bridgehead atoms. The predicted octanol–water partition coefficient (Wildman–Crippen LogP) is 2.56. The van der Waals surface area contributed by atoms with Crippen LogP contribution >= 0.6 is 0 Å². The summed E-state index contributed by atoms with van der Waals surface area (Å²) < 4.78 is 51.0. The van der Waals surface area contributed by atoms with Gasteiger partial charge >= 0.3 is 6.18 Å². The molecule has 1 aliphatic heterocycles. The lowest BCUT2D eigenvalue weighted by atomic mass is 9.88. The fourth-order valence-corrected chi connectivity index (χ4v) is 2.62. The van der Waals surface area contributed by atoms with E-state index in [1.807, 2.05) is 0 Å². The molecule has 1 unspecified atom stereocenters. The second kappa shape index (κ2) is 6.51. The van der Waals surface area contributed by atoms with E-state index in [4.69, 9.17) is 0 Å². The number of rotatable bonds is 3. The molecule has 0 radical (unpaired) electrons. The number of alkyl halides is 3. The summed E-state index contributed by atoms with van der Waals surface area (Å²) in [7, 11) is 0. The Morgan fingerprint density at radius 3 is 2.08 bits per heavy atom. The fourth-order valence-electron chi connectivity index (χ4n) is 2.62. The fraction of sp³-hybridized carbons (Fsp3) is 0.500. The zero-order chi connectivity index (χ0) is 18.1. The largest absolute Gasteiger partial charge is 0.426 e. The molecular formula is C16H17F4NO3. The number of aliphatic hydroxyl groups is 1. The second-order valence-electron chi connectivity index (χ2n) is 6.01. The summed E-state index contributed by atoms with van der Waals surface area (Å²) in [5, 5.41) is 9.43. The Bertz CT molecular complexity index is 617. The normalized spacial score (nSPS) is 19.0. The maximum absolute atomic E-state index is 12.9. The average molecular weight is 347 g/mol. The molecule has 0 aromatic heterocycles. The first-order chi connectivity index (χ1) is 11.0. The molecule has 24 heavy (non-hydrogen) atoms. The summed E-state index contributed by atoms with van der Waals surface area (Å²) >= 11 is 0. The number of Topliss-reactive ketones (excluding diaryl/α,β-unsaturated/α-hetero) is 1. The monoisotopic (exact) mass is 347 g/mol. The van der Waals surface area contributed by atoms with Crippen molar-refractivity contribution in [3.05, 3.63) is 35.6 Å². The summed E-state index contributed by atoms with van der Waals surface area (Å²) in [5.41, 5.74) is -3.12. The number of hydrogen-bond acceptors (Lipinski definition) is 3.